The van der Waals surface area contributed by atoms with Gasteiger partial charge in [0, 0.05) is 0 Å². The van der Waals surface area contributed by atoms with Crippen LogP contribution in [0.25, 0.3) is 0 Å². The van der Waals surface area contributed by atoms with Gasteiger partial charge in [-0.25, -0.2) is 0 Å². The molecule has 0 aromatic heterocycles. The maximum Gasteiger partial charge on any atom is 0.0800 e. The average molecular weight is 309 g/mol. The Balaban J connectivity index is 0. The molecule has 0 aromatic rings. The zero-order valence-corrected chi connectivity index (χ0v) is 15.4. The van der Waals surface area contributed by atoms with Crippen LogP contribution in [0.4, 0.5) is 0 Å². The number of aliphatic hydroxyl groups is 2. The Morgan fingerprint density at radius 3 is 1.86 bits per heavy atom. The summed E-state index contributed by atoms with van der Waals surface area (Å²) in [5.41, 5.74) is 3.23. The van der Waals surface area contributed by atoms with E-state index < -0.39 is 5.60 Å². The number of rotatable bonds is 8. The summed E-state index contributed by atoms with van der Waals surface area (Å²) in [7, 11) is 0. The molecule has 0 aliphatic rings. The first kappa shape index (κ1) is 23.2. The predicted octanol–water partition coefficient (Wildman–Crippen LogP) is 5.34. The van der Waals surface area contributed by atoms with Crippen molar-refractivity contribution in [2.24, 2.45) is 0 Å². The average Bonchev–Trinajstić information content (AvgIpc) is 2.38. The van der Waals surface area contributed by atoms with Crippen LogP contribution < -0.4 is 0 Å². The van der Waals surface area contributed by atoms with Gasteiger partial charge in [-0.3, -0.25) is 0 Å². The molecule has 1 atom stereocenters. The number of allylic oxidation sites excluding steroid dienone is 5. The maximum atomic E-state index is 9.49. The molecule has 0 fully saturated rings. The van der Waals surface area contributed by atoms with Crippen LogP contribution in [0.15, 0.2) is 47.6 Å². The zero-order chi connectivity index (χ0) is 17.6. The van der Waals surface area contributed by atoms with Crippen molar-refractivity contribution < 1.29 is 10.2 Å². The highest BCUT2D eigenvalue weighted by atomic mass is 16.3. The Labute approximate surface area is 138 Å². The van der Waals surface area contributed by atoms with Gasteiger partial charge in [0.1, 0.15) is 0 Å². The third-order valence-electron chi connectivity index (χ3n) is 3.17. The SMILES string of the molecule is C=CC(C)(O)CCC=C(C)C.CC(C)=CCC/C(C)=C/CO. The molecule has 0 spiro atoms. The molecule has 1 unspecified atom stereocenters. The third kappa shape index (κ3) is 18.9. The predicted molar refractivity (Wildman–Crippen MR) is 99.0 cm³/mol. The second kappa shape index (κ2) is 13.5. The Morgan fingerprint density at radius 1 is 0.955 bits per heavy atom. The Hall–Kier alpha value is -1.12. The number of hydrogen-bond donors (Lipinski definition) is 2. The van der Waals surface area contributed by atoms with Gasteiger partial charge < -0.3 is 10.2 Å². The van der Waals surface area contributed by atoms with E-state index in [0.29, 0.717) is 0 Å². The molecule has 0 heterocycles. The molecule has 128 valence electrons. The fourth-order valence-corrected chi connectivity index (χ4v) is 1.60. The van der Waals surface area contributed by atoms with Gasteiger partial charge in [-0.15, -0.1) is 6.58 Å². The van der Waals surface area contributed by atoms with E-state index in [1.54, 1.807) is 13.0 Å². The fourth-order valence-electron chi connectivity index (χ4n) is 1.60. The lowest BCUT2D eigenvalue weighted by Crippen LogP contribution is -2.19. The molecule has 0 bridgehead atoms. The minimum atomic E-state index is -0.702. The molecule has 2 nitrogen and oxygen atoms in total. The molecule has 0 aromatic carbocycles. The lowest BCUT2D eigenvalue weighted by molar-refractivity contribution is 0.103. The van der Waals surface area contributed by atoms with Gasteiger partial charge in [-0.2, -0.15) is 0 Å². The lowest BCUT2D eigenvalue weighted by Gasteiger charge is -2.16. The number of hydrogen-bond acceptors (Lipinski definition) is 2. The Bertz CT molecular complexity index is 377. The molecule has 2 N–H and O–H groups in total. The molecule has 2 heteroatoms. The molecule has 0 radical (unpaired) electrons. The minimum Gasteiger partial charge on any atom is -0.392 e. The van der Waals surface area contributed by atoms with E-state index in [2.05, 4.69) is 53.3 Å². The lowest BCUT2D eigenvalue weighted by atomic mass is 10.00. The summed E-state index contributed by atoms with van der Waals surface area (Å²) < 4.78 is 0. The van der Waals surface area contributed by atoms with Crippen molar-refractivity contribution in [2.45, 2.75) is 72.8 Å². The van der Waals surface area contributed by atoms with E-state index in [4.69, 9.17) is 5.11 Å². The van der Waals surface area contributed by atoms with E-state index >= 15 is 0 Å². The van der Waals surface area contributed by atoms with Gasteiger partial charge in [0.15, 0.2) is 0 Å². The van der Waals surface area contributed by atoms with Gasteiger partial charge in [0.2, 0.25) is 0 Å². The van der Waals surface area contributed by atoms with E-state index in [1.165, 1.54) is 16.7 Å². The van der Waals surface area contributed by atoms with Gasteiger partial charge in [-0.1, -0.05) is 41.0 Å². The molecule has 0 amide bonds. The van der Waals surface area contributed by atoms with Crippen molar-refractivity contribution in [3.05, 3.63) is 47.6 Å². The van der Waals surface area contributed by atoms with Gasteiger partial charge >= 0.3 is 0 Å². The van der Waals surface area contributed by atoms with Crippen molar-refractivity contribution in [1.82, 2.24) is 0 Å². The molecule has 0 aliphatic heterocycles. The molecular formula is C20H36O2. The molecule has 0 rings (SSSR count). The van der Waals surface area contributed by atoms with Crippen LogP contribution in [0.5, 0.6) is 0 Å². The molecular weight excluding hydrogens is 272 g/mol. The Morgan fingerprint density at radius 2 is 1.45 bits per heavy atom. The summed E-state index contributed by atoms with van der Waals surface area (Å²) in [5.74, 6) is 0. The van der Waals surface area contributed by atoms with E-state index in [0.717, 1.165) is 25.7 Å². The van der Waals surface area contributed by atoms with Gasteiger partial charge in [0.05, 0.1) is 12.2 Å². The van der Waals surface area contributed by atoms with E-state index in [9.17, 15) is 5.11 Å². The second-order valence-corrected chi connectivity index (χ2v) is 6.43. The van der Waals surface area contributed by atoms with Crippen LogP contribution in [0.1, 0.15) is 67.2 Å². The highest BCUT2D eigenvalue weighted by molar-refractivity contribution is 5.02. The smallest absolute Gasteiger partial charge is 0.0800 e. The second-order valence-electron chi connectivity index (χ2n) is 6.43. The van der Waals surface area contributed by atoms with Crippen molar-refractivity contribution in [1.29, 1.82) is 0 Å². The molecule has 0 aliphatic carbocycles. The van der Waals surface area contributed by atoms with Crippen molar-refractivity contribution in [2.75, 3.05) is 6.61 Å². The largest absolute Gasteiger partial charge is 0.392 e. The van der Waals surface area contributed by atoms with Crippen LogP contribution in [0.2, 0.25) is 0 Å². The summed E-state index contributed by atoms with van der Waals surface area (Å²) in [6, 6.07) is 0. The molecule has 0 saturated heterocycles. The van der Waals surface area contributed by atoms with Crippen LogP contribution in [-0.2, 0) is 0 Å². The first-order valence-corrected chi connectivity index (χ1v) is 8.03. The monoisotopic (exact) mass is 308 g/mol. The topological polar surface area (TPSA) is 40.5 Å². The summed E-state index contributed by atoms with van der Waals surface area (Å²) in [5, 5.41) is 18.0. The first-order valence-electron chi connectivity index (χ1n) is 8.03. The maximum absolute atomic E-state index is 9.49. The minimum absolute atomic E-state index is 0.167. The fraction of sp³-hybridized carbons (Fsp3) is 0.600. The summed E-state index contributed by atoms with van der Waals surface area (Å²) in [4.78, 5) is 0. The van der Waals surface area contributed by atoms with E-state index in [-0.39, 0.29) is 6.61 Å². The normalized spacial score (nSPS) is 13.4. The quantitative estimate of drug-likeness (QED) is 0.594. The number of aliphatic hydroxyl groups excluding tert-OH is 1. The Kier molecular flexibility index (Phi) is 14.2. The van der Waals surface area contributed by atoms with Crippen molar-refractivity contribution in [3.8, 4) is 0 Å². The van der Waals surface area contributed by atoms with Crippen LogP contribution in [-0.4, -0.2) is 22.4 Å². The van der Waals surface area contributed by atoms with Gasteiger partial charge in [0.25, 0.3) is 0 Å². The van der Waals surface area contributed by atoms with Crippen molar-refractivity contribution >= 4 is 0 Å². The summed E-state index contributed by atoms with van der Waals surface area (Å²) >= 11 is 0. The van der Waals surface area contributed by atoms with Gasteiger partial charge in [-0.05, 0) is 67.2 Å². The molecule has 22 heavy (non-hydrogen) atoms. The standard InChI is InChI=1S/2C10H18O/c1-9(2)5-4-6-10(3)7-8-11;1-5-10(4,11)8-6-7-9(2)3/h5,7,11H,4,6,8H2,1-3H3;5,7,11H,1,6,8H2,2-4H3/b10-7+;. The van der Waals surface area contributed by atoms with Crippen LogP contribution in [0.3, 0.4) is 0 Å². The van der Waals surface area contributed by atoms with Crippen LogP contribution in [0, 0.1) is 0 Å². The highest BCUT2D eigenvalue weighted by Crippen LogP contribution is 2.13. The highest BCUT2D eigenvalue weighted by Gasteiger charge is 2.12. The molecule has 0 saturated carbocycles. The zero-order valence-electron chi connectivity index (χ0n) is 15.4. The van der Waals surface area contributed by atoms with Crippen LogP contribution >= 0.6 is 0 Å². The van der Waals surface area contributed by atoms with E-state index in [1.807, 2.05) is 6.08 Å². The summed E-state index contributed by atoms with van der Waals surface area (Å²) in [6.45, 7) is 15.9. The first-order chi connectivity index (χ1) is 10.1. The third-order valence-corrected chi connectivity index (χ3v) is 3.17. The van der Waals surface area contributed by atoms with Crippen molar-refractivity contribution in [3.63, 3.8) is 0 Å². The summed E-state index contributed by atoms with van der Waals surface area (Å²) in [6.07, 6.45) is 11.6.